The molecule has 1 saturated carbocycles. The van der Waals surface area contributed by atoms with Gasteiger partial charge < -0.3 is 19.5 Å². The number of nitrogens with one attached hydrogen (secondary N) is 1. The molecule has 284 valence electrons. The summed E-state index contributed by atoms with van der Waals surface area (Å²) in [5, 5.41) is 14.7. The number of ether oxygens (including phenoxy) is 3. The lowest BCUT2D eigenvalue weighted by Crippen LogP contribution is -2.39. The summed E-state index contributed by atoms with van der Waals surface area (Å²) in [6.07, 6.45) is 2.69. The van der Waals surface area contributed by atoms with E-state index in [1.54, 1.807) is 4.68 Å². The third kappa shape index (κ3) is 6.02. The van der Waals surface area contributed by atoms with Gasteiger partial charge in [-0.05, 0) is 50.0 Å². The van der Waals surface area contributed by atoms with Crippen LogP contribution < -0.4 is 25.9 Å². The predicted octanol–water partition coefficient (Wildman–Crippen LogP) is 5.23. The fourth-order valence-corrected chi connectivity index (χ4v) is 8.64. The van der Waals surface area contributed by atoms with E-state index in [4.69, 9.17) is 32.7 Å². The number of aromatic nitrogens is 4. The van der Waals surface area contributed by atoms with Gasteiger partial charge in [0.2, 0.25) is 5.75 Å². The number of benzene rings is 2. The number of carbonyl (C=O) groups is 2. The highest BCUT2D eigenvalue weighted by Crippen LogP contribution is 2.50. The van der Waals surface area contributed by atoms with Crippen molar-refractivity contribution in [3.8, 4) is 33.8 Å². The summed E-state index contributed by atoms with van der Waals surface area (Å²) in [4.78, 5) is 62.5. The summed E-state index contributed by atoms with van der Waals surface area (Å²) in [6, 6.07) is 4.12. The Kier molecular flexibility index (Phi) is 9.03. The van der Waals surface area contributed by atoms with Crippen LogP contribution in [-0.2, 0) is 40.5 Å². The Morgan fingerprint density at radius 2 is 1.61 bits per heavy atom. The second-order valence-corrected chi connectivity index (χ2v) is 14.6. The number of nitro groups is 1. The summed E-state index contributed by atoms with van der Waals surface area (Å²) < 4.78 is 52.6. The third-order valence-electron chi connectivity index (χ3n) is 10.7. The van der Waals surface area contributed by atoms with Crippen molar-refractivity contribution >= 4 is 46.5 Å². The maximum absolute atomic E-state index is 15.6. The van der Waals surface area contributed by atoms with Gasteiger partial charge in [-0.1, -0.05) is 23.2 Å². The van der Waals surface area contributed by atoms with Crippen molar-refractivity contribution in [3.05, 3.63) is 77.0 Å². The molecule has 3 aliphatic heterocycles. The molecule has 1 fully saturated rings. The maximum atomic E-state index is 15.6. The molecule has 0 spiro atoms. The van der Waals surface area contributed by atoms with Gasteiger partial charge in [0, 0.05) is 61.4 Å². The minimum Gasteiger partial charge on any atom is -0.478 e. The van der Waals surface area contributed by atoms with Gasteiger partial charge in [-0.2, -0.15) is 0 Å². The van der Waals surface area contributed by atoms with E-state index >= 15 is 8.78 Å². The molecule has 1 aliphatic carbocycles. The van der Waals surface area contributed by atoms with Crippen LogP contribution in [0.5, 0.6) is 11.5 Å². The van der Waals surface area contributed by atoms with Crippen molar-refractivity contribution in [3.63, 3.8) is 0 Å². The average Bonchev–Trinajstić information content (AvgIpc) is 3.80. The van der Waals surface area contributed by atoms with E-state index in [-0.39, 0.29) is 68.3 Å². The van der Waals surface area contributed by atoms with Gasteiger partial charge in [-0.3, -0.25) is 33.9 Å². The van der Waals surface area contributed by atoms with Gasteiger partial charge >= 0.3 is 11.7 Å². The lowest BCUT2D eigenvalue weighted by Gasteiger charge is -2.28. The topological polar surface area (TPSA) is 171 Å². The fraction of sp³-hybridized carbons (Fsp3) is 0.429. The monoisotopic (exact) mass is 788 g/mol. The van der Waals surface area contributed by atoms with E-state index in [0.717, 1.165) is 38.2 Å². The molecule has 2 aromatic carbocycles. The maximum Gasteiger partial charge on any atom is 0.343 e. The quantitative estimate of drug-likeness (QED) is 0.136. The van der Waals surface area contributed by atoms with Gasteiger partial charge in [-0.25, -0.2) is 22.9 Å². The Hall–Kier alpha value is -5.16. The second-order valence-electron chi connectivity index (χ2n) is 13.9. The number of hydrogen-bond acceptors (Lipinski definition) is 9. The molecule has 4 aromatic rings. The molecule has 19 heteroatoms. The molecule has 1 amide bonds. The van der Waals surface area contributed by atoms with Gasteiger partial charge in [-0.15, -0.1) is 0 Å². The highest BCUT2D eigenvalue weighted by Gasteiger charge is 2.50. The molecule has 15 nitrogen and oxygen atoms in total. The number of fused-ring (bicyclic) bond motifs is 3. The Balaban J connectivity index is 0.966. The number of hydrogen-bond donors (Lipinski definition) is 1. The van der Waals surface area contributed by atoms with Crippen LogP contribution in [0.25, 0.3) is 22.3 Å². The van der Waals surface area contributed by atoms with Gasteiger partial charge in [0.1, 0.15) is 27.7 Å². The summed E-state index contributed by atoms with van der Waals surface area (Å²) in [7, 11) is 1.10. The van der Waals surface area contributed by atoms with Crippen LogP contribution >= 0.6 is 23.2 Å². The molecule has 0 bridgehead atoms. The lowest BCUT2D eigenvalue weighted by molar-refractivity contribution is -0.385. The van der Waals surface area contributed by atoms with E-state index in [2.05, 4.69) is 10.1 Å². The Morgan fingerprint density at radius 3 is 2.30 bits per heavy atom. The first-order valence-corrected chi connectivity index (χ1v) is 18.1. The SMILES string of the molecule is COC(=O)COc1cc(F)c(-c2c(Cl)n3n(c2=O)CC(CC2C[C@@H]2C2Oc4cc(F)c(-c5c(Cl)n6n(c5=O)CCCC6)cc4NC2=O)CC3)cc1[N+](=O)[O-]. The first-order valence-electron chi connectivity index (χ1n) is 17.3. The number of esters is 1. The molecule has 2 aromatic heterocycles. The highest BCUT2D eigenvalue weighted by molar-refractivity contribution is 6.32. The van der Waals surface area contributed by atoms with Gasteiger partial charge in [0.05, 0.1) is 28.8 Å². The van der Waals surface area contributed by atoms with Crippen molar-refractivity contribution in [2.24, 2.45) is 17.8 Å². The number of amides is 1. The Labute approximate surface area is 314 Å². The standard InChI is InChI=1S/C35H32Cl2F2N6O9/c1-52-27(46)15-53-26-13-22(39)20(11-24(26)45(50)51)29-32(37)42-7-4-16(14-44(42)35(29)49)8-17-9-18(17)30-33(47)40-23-10-19(21(38)12-25(23)54-30)28-31(36)41-5-2-3-6-43(41)34(28)48/h10-13,16-18,30H,2-9,14-15H2,1H3,(H,40,47)/t16?,17?,18-,30?/m0/s1. The van der Waals surface area contributed by atoms with Crippen molar-refractivity contribution in [2.45, 2.75) is 64.4 Å². The molecule has 4 atom stereocenters. The number of carbonyl (C=O) groups excluding carboxylic acids is 2. The molecular weight excluding hydrogens is 757 g/mol. The van der Waals surface area contributed by atoms with Crippen molar-refractivity contribution in [1.82, 2.24) is 18.7 Å². The van der Waals surface area contributed by atoms with Crippen LogP contribution in [0.3, 0.4) is 0 Å². The zero-order chi connectivity index (χ0) is 38.2. The zero-order valence-corrected chi connectivity index (χ0v) is 30.1. The van der Waals surface area contributed by atoms with Crippen LogP contribution in [0.15, 0.2) is 33.9 Å². The molecule has 0 radical (unpaired) electrons. The van der Waals surface area contributed by atoms with E-state index < -0.39 is 63.7 Å². The summed E-state index contributed by atoms with van der Waals surface area (Å²) in [5.41, 5.74) is -2.08. The van der Waals surface area contributed by atoms with Crippen LogP contribution in [-0.4, -0.2) is 55.3 Å². The van der Waals surface area contributed by atoms with E-state index in [1.807, 2.05) is 0 Å². The Morgan fingerprint density at radius 1 is 0.963 bits per heavy atom. The smallest absolute Gasteiger partial charge is 0.343 e. The summed E-state index contributed by atoms with van der Waals surface area (Å²) >= 11 is 13.1. The normalized spacial score (nSPS) is 21.3. The van der Waals surface area contributed by atoms with E-state index in [1.165, 1.54) is 20.1 Å². The lowest BCUT2D eigenvalue weighted by atomic mass is 9.95. The third-order valence-corrected chi connectivity index (χ3v) is 11.5. The molecule has 0 saturated heterocycles. The number of nitrogens with zero attached hydrogens (tertiary/aromatic N) is 5. The van der Waals surface area contributed by atoms with Gasteiger partial charge in [0.25, 0.3) is 17.0 Å². The fourth-order valence-electron chi connectivity index (χ4n) is 7.92. The average molecular weight is 790 g/mol. The highest BCUT2D eigenvalue weighted by atomic mass is 35.5. The van der Waals surface area contributed by atoms with Crippen LogP contribution in [0.1, 0.15) is 32.1 Å². The Bertz CT molecular complexity index is 2390. The van der Waals surface area contributed by atoms with E-state index in [0.29, 0.717) is 38.9 Å². The zero-order valence-electron chi connectivity index (χ0n) is 28.6. The number of nitro benzene ring substituents is 1. The number of halogens is 4. The number of methoxy groups -OCH3 is 1. The van der Waals surface area contributed by atoms with Crippen LogP contribution in [0.2, 0.25) is 10.3 Å². The minimum absolute atomic E-state index is 0.0200. The summed E-state index contributed by atoms with van der Waals surface area (Å²) in [6.45, 7) is 0.875. The van der Waals surface area contributed by atoms with Crippen molar-refractivity contribution in [2.75, 3.05) is 19.0 Å². The first kappa shape index (κ1) is 35.8. The van der Waals surface area contributed by atoms with E-state index in [9.17, 15) is 29.3 Å². The van der Waals surface area contributed by atoms with Gasteiger partial charge in [0.15, 0.2) is 12.7 Å². The molecule has 1 N–H and O–H groups in total. The molecular formula is C35H32Cl2F2N6O9. The number of rotatable bonds is 9. The second kappa shape index (κ2) is 13.6. The molecule has 3 unspecified atom stereocenters. The largest absolute Gasteiger partial charge is 0.478 e. The first-order chi connectivity index (χ1) is 25.9. The molecule has 54 heavy (non-hydrogen) atoms. The minimum atomic E-state index is -1.01. The molecule has 5 heterocycles. The van der Waals surface area contributed by atoms with Crippen molar-refractivity contribution in [1.29, 1.82) is 0 Å². The number of anilines is 1. The van der Waals surface area contributed by atoms with Crippen LogP contribution in [0.4, 0.5) is 20.2 Å². The molecule has 4 aliphatic rings. The predicted molar refractivity (Wildman–Crippen MR) is 189 cm³/mol. The molecule has 8 rings (SSSR count). The van der Waals surface area contributed by atoms with Crippen molar-refractivity contribution < 1.29 is 37.5 Å². The van der Waals surface area contributed by atoms with Crippen LogP contribution in [0, 0.1) is 39.5 Å². The summed E-state index contributed by atoms with van der Waals surface area (Å²) in [5.74, 6) is -3.44.